The van der Waals surface area contributed by atoms with Crippen LogP contribution in [-0.2, 0) is 5.41 Å². The number of halogens is 3. The van der Waals surface area contributed by atoms with Crippen molar-refractivity contribution in [3.63, 3.8) is 0 Å². The predicted octanol–water partition coefficient (Wildman–Crippen LogP) is 4.29. The van der Waals surface area contributed by atoms with Gasteiger partial charge in [-0.25, -0.2) is 8.78 Å². The largest absolute Gasteiger partial charge is 0.317 e. The van der Waals surface area contributed by atoms with Crippen LogP contribution < -0.4 is 5.32 Å². The number of rotatable bonds is 6. The van der Waals surface area contributed by atoms with Crippen LogP contribution in [0, 0.1) is 11.6 Å². The summed E-state index contributed by atoms with van der Waals surface area (Å²) in [5, 5.41) is 3.58. The van der Waals surface area contributed by atoms with Crippen LogP contribution in [0.15, 0.2) is 12.1 Å². The topological polar surface area (TPSA) is 12.0 Å². The van der Waals surface area contributed by atoms with Gasteiger partial charge in [0.25, 0.3) is 0 Å². The van der Waals surface area contributed by atoms with Crippen LogP contribution >= 0.6 is 11.6 Å². The van der Waals surface area contributed by atoms with Crippen molar-refractivity contribution in [3.8, 4) is 0 Å². The first-order valence-corrected chi connectivity index (χ1v) is 6.62. The second-order valence-corrected chi connectivity index (χ2v) is 5.54. The molecular formula is C14H20ClF2N. The molecule has 0 heterocycles. The van der Waals surface area contributed by atoms with E-state index in [-0.39, 0.29) is 10.4 Å². The Hall–Kier alpha value is -0.670. The molecule has 0 spiro atoms. The molecule has 102 valence electrons. The summed E-state index contributed by atoms with van der Waals surface area (Å²) in [6.45, 7) is 7.86. The third-order valence-corrected chi connectivity index (χ3v) is 3.41. The lowest BCUT2D eigenvalue weighted by molar-refractivity contribution is 0.448. The highest BCUT2D eigenvalue weighted by Gasteiger charge is 2.24. The molecule has 4 heteroatoms. The van der Waals surface area contributed by atoms with Gasteiger partial charge in [-0.1, -0.05) is 32.4 Å². The van der Waals surface area contributed by atoms with E-state index in [1.165, 1.54) is 6.07 Å². The maximum absolute atomic E-state index is 13.3. The molecule has 0 fully saturated rings. The van der Waals surface area contributed by atoms with Gasteiger partial charge in [0.05, 0.1) is 0 Å². The maximum Gasteiger partial charge on any atom is 0.160 e. The second-order valence-electron chi connectivity index (χ2n) is 5.13. The van der Waals surface area contributed by atoms with Crippen molar-refractivity contribution in [2.75, 3.05) is 13.1 Å². The molecule has 0 aliphatic heterocycles. The Morgan fingerprint density at radius 1 is 1.17 bits per heavy atom. The summed E-state index contributed by atoms with van der Waals surface area (Å²) in [6, 6.07) is 2.25. The van der Waals surface area contributed by atoms with Crippen molar-refractivity contribution < 1.29 is 8.78 Å². The minimum atomic E-state index is -0.899. The summed E-state index contributed by atoms with van der Waals surface area (Å²) in [5.74, 6) is -1.74. The van der Waals surface area contributed by atoms with Gasteiger partial charge >= 0.3 is 0 Å². The van der Waals surface area contributed by atoms with Gasteiger partial charge in [-0.05, 0) is 49.0 Å². The Morgan fingerprint density at radius 3 is 2.39 bits per heavy atom. The molecular weight excluding hydrogens is 256 g/mol. The fourth-order valence-corrected chi connectivity index (χ4v) is 2.28. The molecule has 0 saturated heterocycles. The van der Waals surface area contributed by atoms with Gasteiger partial charge in [0.1, 0.15) is 0 Å². The molecule has 1 rings (SSSR count). The van der Waals surface area contributed by atoms with Crippen molar-refractivity contribution in [2.45, 2.75) is 39.0 Å². The van der Waals surface area contributed by atoms with Crippen LogP contribution in [0.4, 0.5) is 8.78 Å². The third kappa shape index (κ3) is 3.92. The highest BCUT2D eigenvalue weighted by atomic mass is 35.5. The van der Waals surface area contributed by atoms with Crippen molar-refractivity contribution in [2.24, 2.45) is 0 Å². The van der Waals surface area contributed by atoms with Crippen molar-refractivity contribution in [3.05, 3.63) is 34.4 Å². The van der Waals surface area contributed by atoms with Gasteiger partial charge in [0.2, 0.25) is 0 Å². The van der Waals surface area contributed by atoms with Crippen LogP contribution in [0.1, 0.15) is 39.2 Å². The number of benzene rings is 1. The van der Waals surface area contributed by atoms with Crippen LogP contribution in [0.25, 0.3) is 0 Å². The molecule has 0 radical (unpaired) electrons. The quantitative estimate of drug-likeness (QED) is 0.603. The predicted molar refractivity (Wildman–Crippen MR) is 72.2 cm³/mol. The molecule has 18 heavy (non-hydrogen) atoms. The molecule has 0 saturated carbocycles. The van der Waals surface area contributed by atoms with E-state index >= 15 is 0 Å². The van der Waals surface area contributed by atoms with E-state index in [4.69, 9.17) is 11.6 Å². The van der Waals surface area contributed by atoms with Gasteiger partial charge in [-0.2, -0.15) is 0 Å². The molecule has 0 aliphatic rings. The minimum absolute atomic E-state index is 0.285. The number of hydrogen-bond acceptors (Lipinski definition) is 1. The zero-order chi connectivity index (χ0) is 13.8. The monoisotopic (exact) mass is 275 g/mol. The highest BCUT2D eigenvalue weighted by Crippen LogP contribution is 2.33. The molecule has 1 aromatic rings. The van der Waals surface area contributed by atoms with Crippen molar-refractivity contribution >= 4 is 11.6 Å². The zero-order valence-electron chi connectivity index (χ0n) is 11.1. The molecule has 0 unspecified atom stereocenters. The molecule has 1 N–H and O–H groups in total. The summed E-state index contributed by atoms with van der Waals surface area (Å²) in [7, 11) is 0. The highest BCUT2D eigenvalue weighted by molar-refractivity contribution is 6.31. The Labute approximate surface area is 113 Å². The number of hydrogen-bond donors (Lipinski definition) is 1. The second kappa shape index (κ2) is 6.48. The van der Waals surface area contributed by atoms with E-state index < -0.39 is 11.6 Å². The van der Waals surface area contributed by atoms with Gasteiger partial charge in [-0.3, -0.25) is 0 Å². The van der Waals surface area contributed by atoms with E-state index in [1.807, 2.05) is 13.8 Å². The van der Waals surface area contributed by atoms with E-state index in [9.17, 15) is 8.78 Å². The zero-order valence-corrected chi connectivity index (χ0v) is 11.9. The Morgan fingerprint density at radius 2 is 1.78 bits per heavy atom. The first-order chi connectivity index (χ1) is 8.38. The van der Waals surface area contributed by atoms with Crippen molar-refractivity contribution in [1.82, 2.24) is 5.32 Å². The smallest absolute Gasteiger partial charge is 0.160 e. The first kappa shape index (κ1) is 15.4. The lowest BCUT2D eigenvalue weighted by Gasteiger charge is -2.26. The maximum atomic E-state index is 13.3. The molecule has 0 aromatic heterocycles. The van der Waals surface area contributed by atoms with Gasteiger partial charge in [-0.15, -0.1) is 0 Å². The summed E-state index contributed by atoms with van der Waals surface area (Å²) < 4.78 is 26.3. The van der Waals surface area contributed by atoms with E-state index in [0.29, 0.717) is 5.56 Å². The average molecular weight is 276 g/mol. The first-order valence-electron chi connectivity index (χ1n) is 6.24. The Kier molecular flexibility index (Phi) is 5.54. The fourth-order valence-electron chi connectivity index (χ4n) is 1.88. The Bertz CT molecular complexity index is 405. The molecule has 1 nitrogen and oxygen atoms in total. The SMILES string of the molecule is CCCNCCC(C)(C)c1cc(F)c(F)cc1Cl. The lowest BCUT2D eigenvalue weighted by atomic mass is 9.81. The van der Waals surface area contributed by atoms with Crippen molar-refractivity contribution in [1.29, 1.82) is 0 Å². The third-order valence-electron chi connectivity index (χ3n) is 3.09. The van der Waals surface area contributed by atoms with Gasteiger partial charge in [0, 0.05) is 5.02 Å². The minimum Gasteiger partial charge on any atom is -0.317 e. The summed E-state index contributed by atoms with van der Waals surface area (Å²) in [4.78, 5) is 0. The molecule has 0 bridgehead atoms. The van der Waals surface area contributed by atoms with Crippen LogP contribution in [0.2, 0.25) is 5.02 Å². The lowest BCUT2D eigenvalue weighted by Crippen LogP contribution is -2.26. The Balaban J connectivity index is 2.80. The fraction of sp³-hybridized carbons (Fsp3) is 0.571. The average Bonchev–Trinajstić information content (AvgIpc) is 2.29. The molecule has 0 aliphatic carbocycles. The van der Waals surface area contributed by atoms with Crippen LogP contribution in [0.3, 0.4) is 0 Å². The van der Waals surface area contributed by atoms with Crippen LogP contribution in [-0.4, -0.2) is 13.1 Å². The summed E-state index contributed by atoms with van der Waals surface area (Å²) >= 11 is 6.00. The van der Waals surface area contributed by atoms with E-state index in [2.05, 4.69) is 12.2 Å². The molecule has 0 amide bonds. The van der Waals surface area contributed by atoms with E-state index in [0.717, 1.165) is 32.0 Å². The summed E-state index contributed by atoms with van der Waals surface area (Å²) in [5.41, 5.74) is 0.369. The number of nitrogens with one attached hydrogen (secondary N) is 1. The molecule has 1 aromatic carbocycles. The van der Waals surface area contributed by atoms with Gasteiger partial charge < -0.3 is 5.32 Å². The standard InChI is InChI=1S/C14H20ClF2N/c1-4-6-18-7-5-14(2,3)10-8-12(16)13(17)9-11(10)15/h8-9,18H,4-7H2,1-3H3. The normalized spacial score (nSPS) is 11.9. The molecule has 0 atom stereocenters. The van der Waals surface area contributed by atoms with E-state index in [1.54, 1.807) is 0 Å². The summed E-state index contributed by atoms with van der Waals surface area (Å²) in [6.07, 6.45) is 1.89. The van der Waals surface area contributed by atoms with Gasteiger partial charge in [0.15, 0.2) is 11.6 Å². The van der Waals surface area contributed by atoms with Crippen LogP contribution in [0.5, 0.6) is 0 Å².